The lowest BCUT2D eigenvalue weighted by Crippen LogP contribution is -2.46. The first-order valence-electron chi connectivity index (χ1n) is 9.75. The lowest BCUT2D eigenvalue weighted by Gasteiger charge is -2.31. The Kier molecular flexibility index (Phi) is 6.72. The summed E-state index contributed by atoms with van der Waals surface area (Å²) >= 11 is 6.19. The molecule has 0 bridgehead atoms. The van der Waals surface area contributed by atoms with Crippen LogP contribution in [-0.2, 0) is 21.2 Å². The highest BCUT2D eigenvalue weighted by molar-refractivity contribution is 7.91. The highest BCUT2D eigenvalue weighted by atomic mass is 35.5. The Balaban J connectivity index is 1.84. The van der Waals surface area contributed by atoms with Gasteiger partial charge in [0.2, 0.25) is 0 Å². The molecule has 30 heavy (non-hydrogen) atoms. The van der Waals surface area contributed by atoms with Gasteiger partial charge in [0.05, 0.1) is 11.5 Å². The summed E-state index contributed by atoms with van der Waals surface area (Å²) in [7, 11) is -3.22. The van der Waals surface area contributed by atoms with Gasteiger partial charge in [0.1, 0.15) is 11.6 Å². The van der Waals surface area contributed by atoms with Crippen molar-refractivity contribution in [2.24, 2.45) is 0 Å². The van der Waals surface area contributed by atoms with Gasteiger partial charge in [-0.2, -0.15) is 0 Å². The van der Waals surface area contributed by atoms with E-state index in [0.717, 1.165) is 11.1 Å². The maximum absolute atomic E-state index is 14.2. The van der Waals surface area contributed by atoms with Crippen molar-refractivity contribution < 1.29 is 22.3 Å². The maximum atomic E-state index is 14.2. The molecule has 1 aliphatic rings. The first kappa shape index (κ1) is 22.6. The van der Waals surface area contributed by atoms with Crippen molar-refractivity contribution in [1.82, 2.24) is 4.90 Å². The minimum absolute atomic E-state index is 0.0158. The van der Waals surface area contributed by atoms with E-state index in [1.54, 1.807) is 37.3 Å². The zero-order valence-corrected chi connectivity index (χ0v) is 18.8. The van der Waals surface area contributed by atoms with Gasteiger partial charge in [-0.05, 0) is 56.5 Å². The molecule has 162 valence electrons. The van der Waals surface area contributed by atoms with E-state index in [4.69, 9.17) is 16.3 Å². The van der Waals surface area contributed by atoms with Crippen LogP contribution in [0.3, 0.4) is 0 Å². The van der Waals surface area contributed by atoms with Crippen LogP contribution in [0.2, 0.25) is 5.02 Å². The molecule has 5 nitrogen and oxygen atoms in total. The van der Waals surface area contributed by atoms with Gasteiger partial charge < -0.3 is 9.64 Å². The number of halogens is 2. The number of carbonyl (C=O) groups excluding carboxylic acids is 1. The van der Waals surface area contributed by atoms with Gasteiger partial charge in [-0.1, -0.05) is 29.8 Å². The second-order valence-electron chi connectivity index (χ2n) is 7.75. The SMILES string of the molecule is Cc1cc(O[C@H](C)C(=O)N(Cc2ccccc2F)[C@H]2CCS(=O)(=O)C2)cc(C)c1Cl. The number of hydrogen-bond acceptors (Lipinski definition) is 4. The van der Waals surface area contributed by atoms with Gasteiger partial charge in [-0.25, -0.2) is 12.8 Å². The highest BCUT2D eigenvalue weighted by Crippen LogP contribution is 2.28. The molecule has 2 aromatic carbocycles. The number of benzene rings is 2. The number of amides is 1. The fourth-order valence-electron chi connectivity index (χ4n) is 3.68. The Bertz CT molecular complexity index is 1030. The summed E-state index contributed by atoms with van der Waals surface area (Å²) in [5, 5.41) is 0.638. The fraction of sp³-hybridized carbons (Fsp3) is 0.409. The molecule has 1 heterocycles. The average molecular weight is 454 g/mol. The van der Waals surface area contributed by atoms with Gasteiger partial charge in [-0.15, -0.1) is 0 Å². The van der Waals surface area contributed by atoms with Gasteiger partial charge in [0, 0.05) is 23.2 Å². The second kappa shape index (κ2) is 8.94. The lowest BCUT2D eigenvalue weighted by atomic mass is 10.1. The van der Waals surface area contributed by atoms with Crippen LogP contribution in [0, 0.1) is 19.7 Å². The highest BCUT2D eigenvalue weighted by Gasteiger charge is 2.37. The van der Waals surface area contributed by atoms with Crippen LogP contribution in [0.25, 0.3) is 0 Å². The Morgan fingerprint density at radius 3 is 2.47 bits per heavy atom. The molecular formula is C22H25ClFNO4S. The third-order valence-corrected chi connectivity index (χ3v) is 7.65. The molecule has 1 aliphatic heterocycles. The van der Waals surface area contributed by atoms with Crippen LogP contribution in [0.1, 0.15) is 30.0 Å². The van der Waals surface area contributed by atoms with E-state index < -0.39 is 27.8 Å². The van der Waals surface area contributed by atoms with Crippen molar-refractivity contribution in [1.29, 1.82) is 0 Å². The van der Waals surface area contributed by atoms with Crippen LogP contribution in [0.5, 0.6) is 5.75 Å². The van der Waals surface area contributed by atoms with Crippen molar-refractivity contribution in [3.8, 4) is 5.75 Å². The van der Waals surface area contributed by atoms with E-state index in [1.807, 2.05) is 13.8 Å². The number of ether oxygens (including phenoxy) is 1. The molecule has 2 aromatic rings. The minimum Gasteiger partial charge on any atom is -0.481 e. The molecule has 3 rings (SSSR count). The maximum Gasteiger partial charge on any atom is 0.263 e. The molecule has 0 N–H and O–H groups in total. The summed E-state index contributed by atoms with van der Waals surface area (Å²) in [6, 6.07) is 9.16. The summed E-state index contributed by atoms with van der Waals surface area (Å²) in [5.41, 5.74) is 1.99. The molecule has 0 aliphatic carbocycles. The van der Waals surface area contributed by atoms with E-state index in [2.05, 4.69) is 0 Å². The summed E-state index contributed by atoms with van der Waals surface area (Å²) in [6.45, 7) is 5.29. The lowest BCUT2D eigenvalue weighted by molar-refractivity contribution is -0.140. The molecule has 0 saturated carbocycles. The Hall–Kier alpha value is -2.12. The van der Waals surface area contributed by atoms with Crippen LogP contribution in [-0.4, -0.2) is 42.9 Å². The van der Waals surface area contributed by atoms with Crippen molar-refractivity contribution in [3.63, 3.8) is 0 Å². The van der Waals surface area contributed by atoms with Crippen LogP contribution in [0.4, 0.5) is 4.39 Å². The largest absolute Gasteiger partial charge is 0.481 e. The Morgan fingerprint density at radius 2 is 1.90 bits per heavy atom. The molecule has 1 saturated heterocycles. The van der Waals surface area contributed by atoms with Crippen LogP contribution < -0.4 is 4.74 Å². The third kappa shape index (κ3) is 5.13. The Labute approximate surface area is 181 Å². The van der Waals surface area contributed by atoms with Crippen molar-refractivity contribution in [3.05, 3.63) is 63.9 Å². The molecule has 2 atom stereocenters. The molecule has 1 amide bonds. The van der Waals surface area contributed by atoms with Gasteiger partial charge >= 0.3 is 0 Å². The fourth-order valence-corrected chi connectivity index (χ4v) is 5.52. The first-order valence-corrected chi connectivity index (χ1v) is 11.9. The predicted octanol–water partition coefficient (Wildman–Crippen LogP) is 4.08. The van der Waals surface area contributed by atoms with Crippen LogP contribution in [0.15, 0.2) is 36.4 Å². The second-order valence-corrected chi connectivity index (χ2v) is 10.4. The summed E-state index contributed by atoms with van der Waals surface area (Å²) in [5.74, 6) is -0.429. The minimum atomic E-state index is -3.22. The number of carbonyl (C=O) groups is 1. The molecule has 0 spiro atoms. The van der Waals surface area contributed by atoms with Crippen LogP contribution >= 0.6 is 11.6 Å². The molecule has 0 aromatic heterocycles. The third-order valence-electron chi connectivity index (χ3n) is 5.30. The van der Waals surface area contributed by atoms with Gasteiger partial charge in [-0.3, -0.25) is 4.79 Å². The number of aryl methyl sites for hydroxylation is 2. The number of rotatable bonds is 6. The van der Waals surface area contributed by atoms with Crippen molar-refractivity contribution in [2.45, 2.75) is 45.9 Å². The monoisotopic (exact) mass is 453 g/mol. The Morgan fingerprint density at radius 1 is 1.27 bits per heavy atom. The number of sulfone groups is 1. The first-order chi connectivity index (χ1) is 14.1. The summed E-state index contributed by atoms with van der Waals surface area (Å²) in [4.78, 5) is 14.7. The predicted molar refractivity (Wildman–Crippen MR) is 115 cm³/mol. The molecule has 8 heteroatoms. The molecule has 0 radical (unpaired) electrons. The van der Waals surface area contributed by atoms with Gasteiger partial charge in [0.15, 0.2) is 15.9 Å². The van der Waals surface area contributed by atoms with E-state index in [-0.39, 0.29) is 24.0 Å². The number of nitrogens with zero attached hydrogens (tertiary/aromatic N) is 1. The summed E-state index contributed by atoms with van der Waals surface area (Å²) in [6.07, 6.45) is -0.547. The van der Waals surface area contributed by atoms with Crippen molar-refractivity contribution in [2.75, 3.05) is 11.5 Å². The zero-order valence-electron chi connectivity index (χ0n) is 17.2. The van der Waals surface area contributed by atoms with E-state index in [0.29, 0.717) is 22.8 Å². The van der Waals surface area contributed by atoms with E-state index in [9.17, 15) is 17.6 Å². The normalized spacial score (nSPS) is 18.8. The van der Waals surface area contributed by atoms with Gasteiger partial charge in [0.25, 0.3) is 5.91 Å². The zero-order chi connectivity index (χ0) is 22.1. The standard InChI is InChI=1S/C22H25ClFNO4S/c1-14-10-19(11-15(2)21(14)23)29-16(3)22(26)25(18-8-9-30(27,28)13-18)12-17-6-4-5-7-20(17)24/h4-7,10-11,16,18H,8-9,12-13H2,1-3H3/t16-,18+/m1/s1. The summed E-state index contributed by atoms with van der Waals surface area (Å²) < 4.78 is 44.1. The smallest absolute Gasteiger partial charge is 0.263 e. The van der Waals surface area contributed by atoms with E-state index >= 15 is 0 Å². The van der Waals surface area contributed by atoms with Crippen molar-refractivity contribution >= 4 is 27.3 Å². The molecular weight excluding hydrogens is 429 g/mol. The molecule has 0 unspecified atom stereocenters. The number of hydrogen-bond donors (Lipinski definition) is 0. The average Bonchev–Trinajstić information content (AvgIpc) is 3.04. The van der Waals surface area contributed by atoms with E-state index in [1.165, 1.54) is 11.0 Å². The molecule has 1 fully saturated rings. The quantitative estimate of drug-likeness (QED) is 0.661. The topological polar surface area (TPSA) is 63.7 Å².